The van der Waals surface area contributed by atoms with Crippen molar-refractivity contribution < 1.29 is 37.0 Å². The molecule has 4 rings (SSSR count). The van der Waals surface area contributed by atoms with Crippen LogP contribution in [0.5, 0.6) is 11.5 Å². The van der Waals surface area contributed by atoms with Crippen LogP contribution in [0.25, 0.3) is 0 Å². The van der Waals surface area contributed by atoms with E-state index in [9.17, 15) is 22.8 Å². The lowest BCUT2D eigenvalue weighted by molar-refractivity contribution is -0.137. The van der Waals surface area contributed by atoms with Gasteiger partial charge in [-0.3, -0.25) is 4.79 Å². The highest BCUT2D eigenvalue weighted by molar-refractivity contribution is 5.98. The maximum absolute atomic E-state index is 13.0. The van der Waals surface area contributed by atoms with Crippen molar-refractivity contribution in [3.05, 3.63) is 89.5 Å². The molecule has 0 saturated carbocycles. The second-order valence-electron chi connectivity index (χ2n) is 7.12. The number of nitrogens with one attached hydrogen (secondary N) is 1. The zero-order chi connectivity index (χ0) is 23.4. The number of halogens is 3. The van der Waals surface area contributed by atoms with Gasteiger partial charge in [0.15, 0.2) is 11.5 Å². The minimum absolute atomic E-state index is 0.0777. The van der Waals surface area contributed by atoms with Crippen molar-refractivity contribution in [1.82, 2.24) is 0 Å². The maximum atomic E-state index is 13.0. The Labute approximate surface area is 186 Å². The molecule has 1 aliphatic heterocycles. The van der Waals surface area contributed by atoms with Crippen LogP contribution < -0.4 is 14.8 Å². The van der Waals surface area contributed by atoms with E-state index >= 15 is 0 Å². The molecule has 0 radical (unpaired) electrons. The fourth-order valence-electron chi connectivity index (χ4n) is 3.23. The van der Waals surface area contributed by atoms with Gasteiger partial charge >= 0.3 is 12.1 Å². The number of hydrogen-bond donors (Lipinski definition) is 1. The molecule has 0 saturated heterocycles. The minimum atomic E-state index is -4.57. The molecule has 1 amide bonds. The van der Waals surface area contributed by atoms with Crippen molar-refractivity contribution >= 4 is 17.6 Å². The summed E-state index contributed by atoms with van der Waals surface area (Å²) in [4.78, 5) is 25.8. The number of benzene rings is 3. The third kappa shape index (κ3) is 5.25. The number of hydrogen-bond acceptors (Lipinski definition) is 5. The zero-order valence-electron chi connectivity index (χ0n) is 17.1. The Hall–Kier alpha value is -4.01. The lowest BCUT2D eigenvalue weighted by Crippen LogP contribution is -2.26. The Morgan fingerprint density at radius 2 is 1.61 bits per heavy atom. The molecule has 33 heavy (non-hydrogen) atoms. The Kier molecular flexibility index (Phi) is 6.21. The third-order valence-corrected chi connectivity index (χ3v) is 4.80. The fraction of sp³-hybridized carbons (Fsp3) is 0.167. The first kappa shape index (κ1) is 22.2. The quantitative estimate of drug-likeness (QED) is 0.545. The molecule has 1 heterocycles. The summed E-state index contributed by atoms with van der Waals surface area (Å²) in [6.07, 6.45) is -5.97. The first-order valence-electron chi connectivity index (χ1n) is 9.95. The van der Waals surface area contributed by atoms with Gasteiger partial charge < -0.3 is 19.5 Å². The van der Waals surface area contributed by atoms with Crippen LogP contribution in [0.1, 0.15) is 27.6 Å². The summed E-state index contributed by atoms with van der Waals surface area (Å²) in [6.45, 7) is 0.722. The molecule has 6 nitrogen and oxygen atoms in total. The van der Waals surface area contributed by atoms with Gasteiger partial charge in [0, 0.05) is 11.3 Å². The monoisotopic (exact) mass is 457 g/mol. The van der Waals surface area contributed by atoms with Crippen molar-refractivity contribution in [1.29, 1.82) is 0 Å². The molecule has 0 aliphatic carbocycles. The van der Waals surface area contributed by atoms with Gasteiger partial charge in [0.05, 0.1) is 11.1 Å². The highest BCUT2D eigenvalue weighted by Gasteiger charge is 2.31. The van der Waals surface area contributed by atoms with Crippen molar-refractivity contribution in [2.45, 2.75) is 12.3 Å². The van der Waals surface area contributed by atoms with E-state index in [1.54, 1.807) is 36.4 Å². The van der Waals surface area contributed by atoms with Gasteiger partial charge in [0.25, 0.3) is 5.91 Å². The molecular weight excluding hydrogens is 439 g/mol. The van der Waals surface area contributed by atoms with E-state index in [1.807, 2.05) is 0 Å². The summed E-state index contributed by atoms with van der Waals surface area (Å²) in [7, 11) is 0. The summed E-state index contributed by atoms with van der Waals surface area (Å²) in [6, 6.07) is 16.9. The van der Waals surface area contributed by atoms with Crippen LogP contribution in [-0.4, -0.2) is 25.1 Å². The summed E-state index contributed by atoms with van der Waals surface area (Å²) < 4.78 is 55.4. The molecule has 0 bridgehead atoms. The van der Waals surface area contributed by atoms with E-state index in [-0.39, 0.29) is 11.3 Å². The SMILES string of the molecule is O=C(O[C@@H](C(=O)Nc1cccc(C(F)(F)F)c1)c1ccccc1)c1ccc2c(c1)OCCO2. The summed E-state index contributed by atoms with van der Waals surface area (Å²) >= 11 is 0. The predicted molar refractivity (Wildman–Crippen MR) is 112 cm³/mol. The minimum Gasteiger partial charge on any atom is -0.486 e. The zero-order valence-corrected chi connectivity index (χ0v) is 17.1. The maximum Gasteiger partial charge on any atom is 0.416 e. The molecule has 3 aromatic rings. The van der Waals surface area contributed by atoms with Gasteiger partial charge in [-0.2, -0.15) is 13.2 Å². The second-order valence-corrected chi connectivity index (χ2v) is 7.12. The topological polar surface area (TPSA) is 73.9 Å². The average molecular weight is 457 g/mol. The smallest absolute Gasteiger partial charge is 0.416 e. The van der Waals surface area contributed by atoms with Gasteiger partial charge in [-0.1, -0.05) is 36.4 Å². The molecule has 1 aliphatic rings. The normalized spacial score (nSPS) is 13.7. The lowest BCUT2D eigenvalue weighted by atomic mass is 10.1. The van der Waals surface area contributed by atoms with Crippen LogP contribution in [0.2, 0.25) is 0 Å². The molecule has 9 heteroatoms. The highest BCUT2D eigenvalue weighted by Crippen LogP contribution is 2.33. The van der Waals surface area contributed by atoms with Crippen LogP contribution >= 0.6 is 0 Å². The molecule has 0 spiro atoms. The van der Waals surface area contributed by atoms with E-state index in [0.29, 0.717) is 30.3 Å². The van der Waals surface area contributed by atoms with Crippen LogP contribution in [0, 0.1) is 0 Å². The first-order valence-corrected chi connectivity index (χ1v) is 9.95. The van der Waals surface area contributed by atoms with Crippen molar-refractivity contribution in [2.75, 3.05) is 18.5 Å². The Bertz CT molecular complexity index is 1160. The molecule has 3 aromatic carbocycles. The molecular formula is C24H18F3NO5. The van der Waals surface area contributed by atoms with E-state index in [1.165, 1.54) is 24.3 Å². The van der Waals surface area contributed by atoms with Crippen LogP contribution in [0.4, 0.5) is 18.9 Å². The van der Waals surface area contributed by atoms with E-state index in [4.69, 9.17) is 14.2 Å². The number of anilines is 1. The molecule has 0 fully saturated rings. The summed E-state index contributed by atoms with van der Waals surface area (Å²) in [5.41, 5.74) is -0.504. The van der Waals surface area contributed by atoms with Gasteiger partial charge in [-0.25, -0.2) is 4.79 Å². The number of ether oxygens (including phenoxy) is 3. The first-order chi connectivity index (χ1) is 15.8. The molecule has 1 atom stereocenters. The van der Waals surface area contributed by atoms with Crippen LogP contribution in [0.3, 0.4) is 0 Å². The standard InChI is InChI=1S/C24H18F3NO5/c25-24(26,27)17-7-4-8-18(14-17)28-22(29)21(15-5-2-1-3-6-15)33-23(30)16-9-10-19-20(13-16)32-12-11-31-19/h1-10,13-14,21H,11-12H2,(H,28,29)/t21-/m1/s1. The Balaban J connectivity index is 1.57. The van der Waals surface area contributed by atoms with Gasteiger partial charge in [0.1, 0.15) is 13.2 Å². The average Bonchev–Trinajstić information content (AvgIpc) is 2.82. The van der Waals surface area contributed by atoms with E-state index in [2.05, 4.69) is 5.32 Å². The highest BCUT2D eigenvalue weighted by atomic mass is 19.4. The molecule has 170 valence electrons. The molecule has 0 unspecified atom stereocenters. The second kappa shape index (κ2) is 9.23. The number of alkyl halides is 3. The molecule has 1 N–H and O–H groups in total. The fourth-order valence-corrected chi connectivity index (χ4v) is 3.23. The molecule has 0 aromatic heterocycles. The number of fused-ring (bicyclic) bond motifs is 1. The summed E-state index contributed by atoms with van der Waals surface area (Å²) in [5.74, 6) is -0.744. The van der Waals surface area contributed by atoms with Gasteiger partial charge in [-0.15, -0.1) is 0 Å². The third-order valence-electron chi connectivity index (χ3n) is 4.80. The van der Waals surface area contributed by atoms with Crippen molar-refractivity contribution in [3.63, 3.8) is 0 Å². The number of rotatable bonds is 5. The predicted octanol–water partition coefficient (Wildman–Crippen LogP) is 5.01. The van der Waals surface area contributed by atoms with Crippen molar-refractivity contribution in [3.8, 4) is 11.5 Å². The Morgan fingerprint density at radius 3 is 2.33 bits per heavy atom. The van der Waals surface area contributed by atoms with Gasteiger partial charge in [0.2, 0.25) is 6.10 Å². The number of esters is 1. The number of amides is 1. The largest absolute Gasteiger partial charge is 0.486 e. The number of carbonyl (C=O) groups excluding carboxylic acids is 2. The van der Waals surface area contributed by atoms with Crippen LogP contribution in [0.15, 0.2) is 72.8 Å². The van der Waals surface area contributed by atoms with Crippen molar-refractivity contribution in [2.24, 2.45) is 0 Å². The lowest BCUT2D eigenvalue weighted by Gasteiger charge is -2.20. The van der Waals surface area contributed by atoms with Crippen LogP contribution in [-0.2, 0) is 15.7 Å². The van der Waals surface area contributed by atoms with Gasteiger partial charge in [-0.05, 0) is 36.4 Å². The Morgan fingerprint density at radius 1 is 0.879 bits per heavy atom. The van der Waals surface area contributed by atoms with E-state index < -0.39 is 29.7 Å². The van der Waals surface area contributed by atoms with E-state index in [0.717, 1.165) is 12.1 Å². The summed E-state index contributed by atoms with van der Waals surface area (Å²) in [5, 5.41) is 2.40. The number of carbonyl (C=O) groups is 2.